The van der Waals surface area contributed by atoms with Crippen molar-refractivity contribution in [3.05, 3.63) is 12.2 Å². The molecule has 0 radical (unpaired) electrons. The van der Waals surface area contributed by atoms with Crippen molar-refractivity contribution >= 4 is 0 Å². The van der Waals surface area contributed by atoms with E-state index in [0.29, 0.717) is 0 Å². The zero-order valence-corrected chi connectivity index (χ0v) is 16.4. The average molecular weight is 309 g/mol. The van der Waals surface area contributed by atoms with Crippen LogP contribution in [0.2, 0.25) is 0 Å². The van der Waals surface area contributed by atoms with Crippen LogP contribution in [0.15, 0.2) is 12.2 Å². The first-order valence-electron chi connectivity index (χ1n) is 10.4. The van der Waals surface area contributed by atoms with Crippen molar-refractivity contribution in [2.45, 2.75) is 112 Å². The van der Waals surface area contributed by atoms with Crippen molar-refractivity contribution in [2.24, 2.45) is 17.8 Å². The van der Waals surface area contributed by atoms with Gasteiger partial charge in [-0.3, -0.25) is 0 Å². The van der Waals surface area contributed by atoms with Gasteiger partial charge < -0.3 is 0 Å². The Labute approximate surface area is 142 Å². The van der Waals surface area contributed by atoms with E-state index >= 15 is 0 Å². The van der Waals surface area contributed by atoms with Gasteiger partial charge in [-0.15, -0.1) is 0 Å². The van der Waals surface area contributed by atoms with E-state index in [-0.39, 0.29) is 0 Å². The molecule has 0 aromatic carbocycles. The summed E-state index contributed by atoms with van der Waals surface area (Å²) in [5, 5.41) is 0. The molecule has 1 saturated carbocycles. The van der Waals surface area contributed by atoms with Crippen LogP contribution >= 0.6 is 0 Å². The minimum absolute atomic E-state index is 0.885. The highest BCUT2D eigenvalue weighted by molar-refractivity contribution is 4.95. The summed E-state index contributed by atoms with van der Waals surface area (Å²) >= 11 is 0. The molecule has 0 aromatic heterocycles. The summed E-state index contributed by atoms with van der Waals surface area (Å²) in [6, 6.07) is 0. The van der Waals surface area contributed by atoms with E-state index in [1.165, 1.54) is 77.0 Å². The van der Waals surface area contributed by atoms with E-state index in [4.69, 9.17) is 0 Å². The molecule has 0 heteroatoms. The van der Waals surface area contributed by atoms with Crippen molar-refractivity contribution in [1.82, 2.24) is 0 Å². The van der Waals surface area contributed by atoms with Crippen LogP contribution in [0.25, 0.3) is 0 Å². The summed E-state index contributed by atoms with van der Waals surface area (Å²) in [5.41, 5.74) is 0. The molecule has 0 heterocycles. The number of hydrogen-bond donors (Lipinski definition) is 0. The molecule has 22 heavy (non-hydrogen) atoms. The largest absolute Gasteiger partial charge is 0.0880 e. The minimum Gasteiger partial charge on any atom is -0.0880 e. The Morgan fingerprint density at radius 1 is 0.955 bits per heavy atom. The molecule has 0 aliphatic heterocycles. The van der Waals surface area contributed by atoms with Crippen molar-refractivity contribution in [2.75, 3.05) is 0 Å². The second-order valence-corrected chi connectivity index (χ2v) is 7.47. The van der Waals surface area contributed by atoms with Gasteiger partial charge in [0.25, 0.3) is 0 Å². The Kier molecular flexibility index (Phi) is 15.4. The van der Waals surface area contributed by atoms with E-state index < -0.39 is 0 Å². The van der Waals surface area contributed by atoms with E-state index in [0.717, 1.165) is 17.8 Å². The van der Waals surface area contributed by atoms with Gasteiger partial charge in [0.1, 0.15) is 0 Å². The Bertz CT molecular complexity index is 240. The zero-order chi connectivity index (χ0) is 16.6. The molecule has 1 aliphatic rings. The molecule has 0 saturated heterocycles. The summed E-state index contributed by atoms with van der Waals surface area (Å²) in [6.07, 6.45) is 21.9. The standard InChI is InChI=1S/C19H36.C3H8/c1-4-6-8-13-18-15-10-16-19(18)14-9-12-17(3)11-7-5-2;1-3-2/h9,14,17-19H,4-8,10-13,15-16H2,1-3H3;3H2,1-2H3/b14-9+;. The van der Waals surface area contributed by atoms with Crippen molar-refractivity contribution in [3.8, 4) is 0 Å². The molecule has 0 aromatic rings. The van der Waals surface area contributed by atoms with Gasteiger partial charge in [-0.2, -0.15) is 0 Å². The normalized spacial score (nSPS) is 22.6. The summed E-state index contributed by atoms with van der Waals surface area (Å²) in [6.45, 7) is 11.3. The van der Waals surface area contributed by atoms with E-state index in [9.17, 15) is 0 Å². The van der Waals surface area contributed by atoms with Crippen molar-refractivity contribution < 1.29 is 0 Å². The van der Waals surface area contributed by atoms with Crippen LogP contribution in [0.1, 0.15) is 112 Å². The van der Waals surface area contributed by atoms with Gasteiger partial charge in [0.2, 0.25) is 0 Å². The second kappa shape index (κ2) is 15.6. The molecule has 0 bridgehead atoms. The Morgan fingerprint density at radius 3 is 2.27 bits per heavy atom. The van der Waals surface area contributed by atoms with Gasteiger partial charge >= 0.3 is 0 Å². The van der Waals surface area contributed by atoms with Crippen LogP contribution in [-0.4, -0.2) is 0 Å². The lowest BCUT2D eigenvalue weighted by atomic mass is 9.89. The van der Waals surface area contributed by atoms with Gasteiger partial charge in [-0.1, -0.05) is 98.1 Å². The quantitative estimate of drug-likeness (QED) is 0.282. The van der Waals surface area contributed by atoms with Gasteiger partial charge in [0.05, 0.1) is 0 Å². The van der Waals surface area contributed by atoms with Gasteiger partial charge in [-0.05, 0) is 43.4 Å². The molecule has 1 fully saturated rings. The number of allylic oxidation sites excluding steroid dienone is 2. The van der Waals surface area contributed by atoms with Crippen LogP contribution in [0.3, 0.4) is 0 Å². The smallest absolute Gasteiger partial charge is 0.0205 e. The molecule has 3 atom stereocenters. The molecule has 0 spiro atoms. The molecule has 0 nitrogen and oxygen atoms in total. The average Bonchev–Trinajstić information content (AvgIpc) is 2.94. The SMILES string of the molecule is CCC.CCCCCC1CCCC1/C=C/CC(C)CCCC. The monoisotopic (exact) mass is 308 g/mol. The van der Waals surface area contributed by atoms with Crippen molar-refractivity contribution in [1.29, 1.82) is 0 Å². The van der Waals surface area contributed by atoms with E-state index in [1.807, 2.05) is 0 Å². The summed E-state index contributed by atoms with van der Waals surface area (Å²) in [4.78, 5) is 0. The van der Waals surface area contributed by atoms with E-state index in [1.54, 1.807) is 0 Å². The molecule has 3 unspecified atom stereocenters. The Hall–Kier alpha value is -0.260. The minimum atomic E-state index is 0.885. The molecule has 0 amide bonds. The van der Waals surface area contributed by atoms with Crippen molar-refractivity contribution in [3.63, 3.8) is 0 Å². The predicted octanol–water partition coefficient (Wildman–Crippen LogP) is 8.17. The summed E-state index contributed by atoms with van der Waals surface area (Å²) < 4.78 is 0. The lowest BCUT2D eigenvalue weighted by molar-refractivity contribution is 0.405. The first-order chi connectivity index (χ1) is 10.7. The highest BCUT2D eigenvalue weighted by Crippen LogP contribution is 2.36. The van der Waals surface area contributed by atoms with Gasteiger partial charge in [-0.25, -0.2) is 0 Å². The molecule has 132 valence electrons. The number of rotatable bonds is 10. The Balaban J connectivity index is 0.00000135. The fourth-order valence-corrected chi connectivity index (χ4v) is 3.49. The third kappa shape index (κ3) is 11.3. The fraction of sp³-hybridized carbons (Fsp3) is 0.909. The van der Waals surface area contributed by atoms with Crippen LogP contribution < -0.4 is 0 Å². The van der Waals surface area contributed by atoms with Crippen LogP contribution in [-0.2, 0) is 0 Å². The molecule has 1 rings (SSSR count). The lowest BCUT2D eigenvalue weighted by Crippen LogP contribution is -2.05. The van der Waals surface area contributed by atoms with Gasteiger partial charge in [0.15, 0.2) is 0 Å². The second-order valence-electron chi connectivity index (χ2n) is 7.47. The Morgan fingerprint density at radius 2 is 1.64 bits per heavy atom. The van der Waals surface area contributed by atoms with Crippen LogP contribution in [0, 0.1) is 17.8 Å². The predicted molar refractivity (Wildman–Crippen MR) is 103 cm³/mol. The molecular formula is C22H44. The summed E-state index contributed by atoms with van der Waals surface area (Å²) in [5.74, 6) is 2.81. The third-order valence-electron chi connectivity index (χ3n) is 4.87. The maximum absolute atomic E-state index is 2.58. The van der Waals surface area contributed by atoms with Gasteiger partial charge in [0, 0.05) is 0 Å². The zero-order valence-electron chi connectivity index (χ0n) is 16.4. The third-order valence-corrected chi connectivity index (χ3v) is 4.87. The molecule has 1 aliphatic carbocycles. The van der Waals surface area contributed by atoms with E-state index in [2.05, 4.69) is 46.8 Å². The van der Waals surface area contributed by atoms with Crippen LogP contribution in [0.5, 0.6) is 0 Å². The molecular weight excluding hydrogens is 264 g/mol. The maximum Gasteiger partial charge on any atom is -0.0205 e. The lowest BCUT2D eigenvalue weighted by Gasteiger charge is -2.16. The molecule has 0 N–H and O–H groups in total. The van der Waals surface area contributed by atoms with Crippen LogP contribution in [0.4, 0.5) is 0 Å². The number of unbranched alkanes of at least 4 members (excludes halogenated alkanes) is 3. The topological polar surface area (TPSA) is 0 Å². The highest BCUT2D eigenvalue weighted by atomic mass is 14.3. The first-order valence-corrected chi connectivity index (χ1v) is 10.4. The maximum atomic E-state index is 2.58. The fourth-order valence-electron chi connectivity index (χ4n) is 3.49. The number of hydrogen-bond acceptors (Lipinski definition) is 0. The summed E-state index contributed by atoms with van der Waals surface area (Å²) in [7, 11) is 0. The first kappa shape index (κ1) is 21.7. The highest BCUT2D eigenvalue weighted by Gasteiger charge is 2.24.